The molecule has 148 valence electrons. The van der Waals surface area contributed by atoms with Crippen LogP contribution >= 0.6 is 23.1 Å². The van der Waals surface area contributed by atoms with Crippen molar-refractivity contribution in [1.29, 1.82) is 0 Å². The Morgan fingerprint density at radius 1 is 1.14 bits per heavy atom. The fourth-order valence-electron chi connectivity index (χ4n) is 3.15. The van der Waals surface area contributed by atoms with Gasteiger partial charge >= 0.3 is 0 Å². The molecule has 2 aromatic heterocycles. The van der Waals surface area contributed by atoms with Crippen molar-refractivity contribution in [2.75, 3.05) is 5.32 Å². The second-order valence-corrected chi connectivity index (χ2v) is 8.57. The number of hydrogen-bond acceptors (Lipinski definition) is 5. The van der Waals surface area contributed by atoms with Crippen LogP contribution in [0.1, 0.15) is 23.2 Å². The Bertz CT molecular complexity index is 1150. The summed E-state index contributed by atoms with van der Waals surface area (Å²) in [7, 11) is 0. The molecule has 0 unspecified atom stereocenters. The maximum absolute atomic E-state index is 12.3. The van der Waals surface area contributed by atoms with E-state index >= 15 is 0 Å². The molecule has 1 N–H and O–H groups in total. The summed E-state index contributed by atoms with van der Waals surface area (Å²) in [6.45, 7) is 4.99. The third-order valence-corrected chi connectivity index (χ3v) is 6.52. The van der Waals surface area contributed by atoms with Gasteiger partial charge in [0.15, 0.2) is 5.16 Å². The SMILES string of the molecule is CCn1c(SCc2csc(CC(=O)Nc3ccccc3C)n2)nc2ccccc21. The second-order valence-electron chi connectivity index (χ2n) is 6.69. The van der Waals surface area contributed by atoms with Crippen molar-refractivity contribution in [1.82, 2.24) is 14.5 Å². The van der Waals surface area contributed by atoms with Crippen LogP contribution in [0.5, 0.6) is 0 Å². The predicted octanol–water partition coefficient (Wildman–Crippen LogP) is 5.29. The van der Waals surface area contributed by atoms with Gasteiger partial charge in [-0.1, -0.05) is 42.1 Å². The lowest BCUT2D eigenvalue weighted by Crippen LogP contribution is -2.15. The Balaban J connectivity index is 1.38. The molecular weight excluding hydrogens is 400 g/mol. The Kier molecular flexibility index (Phi) is 5.97. The summed E-state index contributed by atoms with van der Waals surface area (Å²) in [5.74, 6) is 0.694. The van der Waals surface area contributed by atoms with Crippen molar-refractivity contribution < 1.29 is 4.79 Å². The molecule has 0 saturated heterocycles. The molecule has 0 radical (unpaired) electrons. The number of aromatic nitrogens is 3. The number of benzene rings is 2. The average molecular weight is 423 g/mol. The topological polar surface area (TPSA) is 59.8 Å². The molecule has 5 nitrogen and oxygen atoms in total. The van der Waals surface area contributed by atoms with Crippen LogP contribution in [0.3, 0.4) is 0 Å². The van der Waals surface area contributed by atoms with E-state index in [1.54, 1.807) is 11.8 Å². The number of nitrogens with zero attached hydrogens (tertiary/aromatic N) is 3. The largest absolute Gasteiger partial charge is 0.325 e. The van der Waals surface area contributed by atoms with Gasteiger partial charge < -0.3 is 9.88 Å². The van der Waals surface area contributed by atoms with Gasteiger partial charge in [-0.15, -0.1) is 11.3 Å². The van der Waals surface area contributed by atoms with Crippen LogP contribution in [-0.4, -0.2) is 20.4 Å². The zero-order valence-corrected chi connectivity index (χ0v) is 18.0. The summed E-state index contributed by atoms with van der Waals surface area (Å²) >= 11 is 3.21. The number of aryl methyl sites for hydroxylation is 2. The summed E-state index contributed by atoms with van der Waals surface area (Å²) < 4.78 is 2.23. The zero-order valence-electron chi connectivity index (χ0n) is 16.4. The number of thiazole rings is 1. The van der Waals surface area contributed by atoms with Gasteiger partial charge in [0, 0.05) is 23.4 Å². The molecule has 4 aromatic rings. The lowest BCUT2D eigenvalue weighted by Gasteiger charge is -2.06. The van der Waals surface area contributed by atoms with Gasteiger partial charge in [0.25, 0.3) is 0 Å². The van der Waals surface area contributed by atoms with E-state index in [4.69, 9.17) is 4.98 Å². The minimum atomic E-state index is -0.0411. The van der Waals surface area contributed by atoms with Crippen LogP contribution in [0.15, 0.2) is 59.1 Å². The van der Waals surface area contributed by atoms with Crippen molar-refractivity contribution in [2.24, 2.45) is 0 Å². The molecule has 0 bridgehead atoms. The third-order valence-electron chi connectivity index (χ3n) is 4.62. The van der Waals surface area contributed by atoms with E-state index in [1.165, 1.54) is 11.3 Å². The standard InChI is InChI=1S/C22H22N4OS2/c1-3-26-19-11-7-6-10-18(19)25-22(26)29-14-16-13-28-21(23-16)12-20(27)24-17-9-5-4-8-15(17)2/h4-11,13H,3,12,14H2,1-2H3,(H,24,27). The molecule has 0 aliphatic carbocycles. The van der Waals surface area contributed by atoms with Crippen LogP contribution in [0.2, 0.25) is 0 Å². The number of carbonyl (C=O) groups excluding carboxylic acids is 1. The number of anilines is 1. The van der Waals surface area contributed by atoms with Gasteiger partial charge in [0.1, 0.15) is 5.01 Å². The molecule has 2 aromatic carbocycles. The van der Waals surface area contributed by atoms with Gasteiger partial charge in [-0.05, 0) is 37.6 Å². The minimum absolute atomic E-state index is 0.0411. The number of para-hydroxylation sites is 3. The van der Waals surface area contributed by atoms with E-state index in [-0.39, 0.29) is 12.3 Å². The van der Waals surface area contributed by atoms with Crippen LogP contribution in [0.4, 0.5) is 5.69 Å². The molecule has 1 amide bonds. The summed E-state index contributed by atoms with van der Waals surface area (Å²) in [4.78, 5) is 21.7. The Morgan fingerprint density at radius 2 is 1.93 bits per heavy atom. The van der Waals surface area contributed by atoms with Gasteiger partial charge in [-0.3, -0.25) is 4.79 Å². The number of carbonyl (C=O) groups is 1. The normalized spacial score (nSPS) is 11.1. The van der Waals surface area contributed by atoms with Crippen molar-refractivity contribution in [3.8, 4) is 0 Å². The third kappa shape index (κ3) is 4.52. The monoisotopic (exact) mass is 422 g/mol. The molecule has 0 aliphatic heterocycles. The zero-order chi connectivity index (χ0) is 20.2. The van der Waals surface area contributed by atoms with E-state index in [0.717, 1.165) is 50.4 Å². The molecule has 0 atom stereocenters. The Hall–Kier alpha value is -2.64. The number of fused-ring (bicyclic) bond motifs is 1. The van der Waals surface area contributed by atoms with Gasteiger partial charge in [0.05, 0.1) is 23.1 Å². The highest BCUT2D eigenvalue weighted by molar-refractivity contribution is 7.98. The Morgan fingerprint density at radius 3 is 2.76 bits per heavy atom. The summed E-state index contributed by atoms with van der Waals surface area (Å²) in [6, 6.07) is 16.0. The van der Waals surface area contributed by atoms with E-state index in [2.05, 4.69) is 27.9 Å². The molecule has 7 heteroatoms. The number of thioether (sulfide) groups is 1. The van der Waals surface area contributed by atoms with E-state index in [1.807, 2.05) is 54.8 Å². The molecule has 0 fully saturated rings. The van der Waals surface area contributed by atoms with Crippen LogP contribution in [0, 0.1) is 6.92 Å². The average Bonchev–Trinajstić information content (AvgIpc) is 3.31. The first-order valence-corrected chi connectivity index (χ1v) is 11.4. The van der Waals surface area contributed by atoms with Crippen molar-refractivity contribution in [3.63, 3.8) is 0 Å². The lowest BCUT2D eigenvalue weighted by molar-refractivity contribution is -0.115. The first-order chi connectivity index (χ1) is 14.1. The fourth-order valence-corrected chi connectivity index (χ4v) is 5.02. The van der Waals surface area contributed by atoms with Crippen molar-refractivity contribution >= 4 is 45.7 Å². The molecule has 0 spiro atoms. The highest BCUT2D eigenvalue weighted by atomic mass is 32.2. The second kappa shape index (κ2) is 8.80. The van der Waals surface area contributed by atoms with Crippen LogP contribution < -0.4 is 5.32 Å². The van der Waals surface area contributed by atoms with E-state index in [9.17, 15) is 4.79 Å². The number of rotatable bonds is 7. The highest BCUT2D eigenvalue weighted by Gasteiger charge is 2.12. The summed E-state index contributed by atoms with van der Waals surface area (Å²) in [5, 5.41) is 6.82. The molecule has 0 saturated carbocycles. The Labute approximate surface area is 178 Å². The summed E-state index contributed by atoms with van der Waals surface area (Å²) in [5.41, 5.74) is 5.06. The maximum Gasteiger partial charge on any atom is 0.231 e. The quantitative estimate of drug-likeness (QED) is 0.411. The number of nitrogens with one attached hydrogen (secondary N) is 1. The molecule has 4 rings (SSSR count). The fraction of sp³-hybridized carbons (Fsp3) is 0.227. The summed E-state index contributed by atoms with van der Waals surface area (Å²) in [6.07, 6.45) is 0.289. The maximum atomic E-state index is 12.3. The van der Waals surface area contributed by atoms with Gasteiger partial charge in [-0.25, -0.2) is 9.97 Å². The van der Waals surface area contributed by atoms with Gasteiger partial charge in [0.2, 0.25) is 5.91 Å². The van der Waals surface area contributed by atoms with Gasteiger partial charge in [-0.2, -0.15) is 0 Å². The lowest BCUT2D eigenvalue weighted by atomic mass is 10.2. The minimum Gasteiger partial charge on any atom is -0.325 e. The van der Waals surface area contributed by atoms with E-state index in [0.29, 0.717) is 0 Å². The number of imidazole rings is 1. The smallest absolute Gasteiger partial charge is 0.231 e. The molecule has 0 aliphatic rings. The van der Waals surface area contributed by atoms with Crippen molar-refractivity contribution in [2.45, 2.75) is 37.7 Å². The number of amides is 1. The number of hydrogen-bond donors (Lipinski definition) is 1. The predicted molar refractivity (Wildman–Crippen MR) is 121 cm³/mol. The first-order valence-electron chi connectivity index (χ1n) is 9.51. The highest BCUT2D eigenvalue weighted by Crippen LogP contribution is 2.27. The van der Waals surface area contributed by atoms with Crippen LogP contribution in [-0.2, 0) is 23.5 Å². The molecule has 2 heterocycles. The molecule has 29 heavy (non-hydrogen) atoms. The first kappa shape index (κ1) is 19.7. The van der Waals surface area contributed by atoms with Crippen LogP contribution in [0.25, 0.3) is 11.0 Å². The van der Waals surface area contributed by atoms with E-state index < -0.39 is 0 Å². The van der Waals surface area contributed by atoms with Crippen molar-refractivity contribution in [3.05, 3.63) is 70.2 Å². The molecular formula is C22H22N4OS2.